The van der Waals surface area contributed by atoms with Gasteiger partial charge in [-0.3, -0.25) is 0 Å². The number of nitrogens with zero attached hydrogens (tertiary/aromatic N) is 2. The van der Waals surface area contributed by atoms with Gasteiger partial charge in [0, 0.05) is 19.0 Å². The van der Waals surface area contributed by atoms with Gasteiger partial charge in [-0.25, -0.2) is 4.98 Å². The number of nitrogens with one attached hydrogen (secondary N) is 2. The minimum Gasteiger partial charge on any atom is -0.393 e. The second-order valence-corrected chi connectivity index (χ2v) is 4.58. The lowest BCUT2D eigenvalue weighted by molar-refractivity contribution is 0.183. The third kappa shape index (κ3) is 3.54. The van der Waals surface area contributed by atoms with E-state index < -0.39 is 0 Å². The van der Waals surface area contributed by atoms with Crippen LogP contribution in [0.3, 0.4) is 0 Å². The van der Waals surface area contributed by atoms with Crippen LogP contribution < -0.4 is 10.6 Å². The molecular formula is C14H20N4O. The maximum absolute atomic E-state index is 9.24. The van der Waals surface area contributed by atoms with Crippen molar-refractivity contribution in [3.8, 4) is 0 Å². The first kappa shape index (κ1) is 13.5. The van der Waals surface area contributed by atoms with Crippen molar-refractivity contribution in [2.75, 3.05) is 24.2 Å². The van der Waals surface area contributed by atoms with Crippen LogP contribution in [0.5, 0.6) is 0 Å². The predicted octanol–water partition coefficient (Wildman–Crippen LogP) is 2.24. The molecule has 0 saturated heterocycles. The molecule has 3 N–H and O–H groups in total. The summed E-state index contributed by atoms with van der Waals surface area (Å²) in [6.07, 6.45) is 1.44. The van der Waals surface area contributed by atoms with Crippen molar-refractivity contribution < 1.29 is 5.11 Å². The average Bonchev–Trinajstić information content (AvgIpc) is 2.42. The number of hydrogen-bond donors (Lipinski definition) is 3. The van der Waals surface area contributed by atoms with E-state index in [4.69, 9.17) is 0 Å². The van der Waals surface area contributed by atoms with Crippen LogP contribution >= 0.6 is 0 Å². The van der Waals surface area contributed by atoms with E-state index in [1.807, 2.05) is 24.3 Å². The number of para-hydroxylation sites is 1. The highest BCUT2D eigenvalue weighted by molar-refractivity contribution is 5.89. The molecule has 0 saturated carbocycles. The number of rotatable bonds is 6. The Morgan fingerprint density at radius 1 is 1.26 bits per heavy atom. The minimum atomic E-state index is -0.253. The van der Waals surface area contributed by atoms with Crippen molar-refractivity contribution >= 4 is 22.7 Å². The fraction of sp³-hybridized carbons (Fsp3) is 0.429. The van der Waals surface area contributed by atoms with Gasteiger partial charge in [0.15, 0.2) is 0 Å². The number of anilines is 2. The van der Waals surface area contributed by atoms with Gasteiger partial charge in [0.25, 0.3) is 0 Å². The molecule has 2 rings (SSSR count). The molecule has 0 aliphatic carbocycles. The quantitative estimate of drug-likeness (QED) is 0.695. The molecule has 1 aromatic carbocycles. The van der Waals surface area contributed by atoms with Gasteiger partial charge in [-0.2, -0.15) is 4.98 Å². The van der Waals surface area contributed by atoms with Gasteiger partial charge < -0.3 is 15.7 Å². The first-order chi connectivity index (χ1) is 9.20. The Kier molecular flexibility index (Phi) is 4.52. The first-order valence-corrected chi connectivity index (χ1v) is 6.57. The first-order valence-electron chi connectivity index (χ1n) is 6.57. The summed E-state index contributed by atoms with van der Waals surface area (Å²) in [6.45, 7) is 2.59. The Morgan fingerprint density at radius 3 is 2.79 bits per heavy atom. The summed E-state index contributed by atoms with van der Waals surface area (Å²) in [6, 6.07) is 7.92. The van der Waals surface area contributed by atoms with Crippen molar-refractivity contribution in [2.45, 2.75) is 25.9 Å². The molecule has 19 heavy (non-hydrogen) atoms. The second kappa shape index (κ2) is 6.33. The molecule has 5 nitrogen and oxygen atoms in total. The highest BCUT2D eigenvalue weighted by Gasteiger charge is 2.06. The molecule has 0 spiro atoms. The van der Waals surface area contributed by atoms with Crippen molar-refractivity contribution in [1.82, 2.24) is 9.97 Å². The Balaban J connectivity index is 2.16. The number of hydrogen-bond acceptors (Lipinski definition) is 5. The van der Waals surface area contributed by atoms with Gasteiger partial charge in [-0.15, -0.1) is 0 Å². The molecule has 1 atom stereocenters. The van der Waals surface area contributed by atoms with Crippen LogP contribution in [-0.2, 0) is 0 Å². The fourth-order valence-electron chi connectivity index (χ4n) is 1.93. The summed E-state index contributed by atoms with van der Waals surface area (Å²) >= 11 is 0. The summed E-state index contributed by atoms with van der Waals surface area (Å²) < 4.78 is 0. The molecule has 2 aromatic rings. The van der Waals surface area contributed by atoms with E-state index in [-0.39, 0.29) is 6.10 Å². The van der Waals surface area contributed by atoms with Gasteiger partial charge in [0.1, 0.15) is 5.82 Å². The lowest BCUT2D eigenvalue weighted by Gasteiger charge is -2.11. The Bertz CT molecular complexity index is 542. The third-order valence-electron chi connectivity index (χ3n) is 2.92. The summed E-state index contributed by atoms with van der Waals surface area (Å²) in [5, 5.41) is 16.5. The van der Waals surface area contributed by atoms with Crippen LogP contribution in [0, 0.1) is 0 Å². The molecule has 0 bridgehead atoms. The molecule has 5 heteroatoms. The van der Waals surface area contributed by atoms with Crippen molar-refractivity contribution in [3.05, 3.63) is 24.3 Å². The zero-order valence-electron chi connectivity index (χ0n) is 11.3. The molecule has 1 unspecified atom stereocenters. The van der Waals surface area contributed by atoms with E-state index in [0.29, 0.717) is 5.95 Å². The van der Waals surface area contributed by atoms with Crippen molar-refractivity contribution in [2.24, 2.45) is 0 Å². The van der Waals surface area contributed by atoms with Crippen molar-refractivity contribution in [1.29, 1.82) is 0 Å². The summed E-state index contributed by atoms with van der Waals surface area (Å²) in [5.41, 5.74) is 0.917. The maximum Gasteiger partial charge on any atom is 0.224 e. The Labute approximate surface area is 113 Å². The lowest BCUT2D eigenvalue weighted by Crippen LogP contribution is -2.09. The summed E-state index contributed by atoms with van der Waals surface area (Å²) in [7, 11) is 1.81. The van der Waals surface area contributed by atoms with E-state index in [9.17, 15) is 5.11 Å². The Hall–Kier alpha value is -1.88. The van der Waals surface area contributed by atoms with E-state index >= 15 is 0 Å². The summed E-state index contributed by atoms with van der Waals surface area (Å²) in [4.78, 5) is 8.85. The highest BCUT2D eigenvalue weighted by Crippen LogP contribution is 2.21. The lowest BCUT2D eigenvalue weighted by atomic mass is 10.2. The van der Waals surface area contributed by atoms with Crippen LogP contribution in [-0.4, -0.2) is 34.8 Å². The van der Waals surface area contributed by atoms with E-state index in [2.05, 4.69) is 20.6 Å². The number of aliphatic hydroxyl groups is 1. The largest absolute Gasteiger partial charge is 0.393 e. The number of fused-ring (bicyclic) bond motifs is 1. The number of aliphatic hydroxyl groups excluding tert-OH is 1. The van der Waals surface area contributed by atoms with E-state index in [0.717, 1.165) is 36.1 Å². The average molecular weight is 260 g/mol. The maximum atomic E-state index is 9.24. The molecule has 0 radical (unpaired) electrons. The van der Waals surface area contributed by atoms with E-state index in [1.54, 1.807) is 14.0 Å². The third-order valence-corrected chi connectivity index (χ3v) is 2.92. The molecule has 0 aliphatic heterocycles. The molecule has 0 amide bonds. The molecule has 0 fully saturated rings. The van der Waals surface area contributed by atoms with Gasteiger partial charge in [-0.1, -0.05) is 12.1 Å². The minimum absolute atomic E-state index is 0.253. The zero-order valence-corrected chi connectivity index (χ0v) is 11.3. The smallest absolute Gasteiger partial charge is 0.224 e. The fourth-order valence-corrected chi connectivity index (χ4v) is 1.93. The normalized spacial score (nSPS) is 12.4. The molecule has 1 heterocycles. The monoisotopic (exact) mass is 260 g/mol. The molecule has 102 valence electrons. The predicted molar refractivity (Wildman–Crippen MR) is 78.5 cm³/mol. The zero-order chi connectivity index (χ0) is 13.7. The van der Waals surface area contributed by atoms with Gasteiger partial charge in [-0.05, 0) is 31.9 Å². The molecule has 1 aromatic heterocycles. The highest BCUT2D eigenvalue weighted by atomic mass is 16.3. The molecule has 0 aliphatic rings. The van der Waals surface area contributed by atoms with Crippen LogP contribution in [0.15, 0.2) is 24.3 Å². The summed E-state index contributed by atoms with van der Waals surface area (Å²) in [5.74, 6) is 1.44. The van der Waals surface area contributed by atoms with Crippen molar-refractivity contribution in [3.63, 3.8) is 0 Å². The van der Waals surface area contributed by atoms with Crippen LogP contribution in [0.4, 0.5) is 11.8 Å². The second-order valence-electron chi connectivity index (χ2n) is 4.58. The van der Waals surface area contributed by atoms with Gasteiger partial charge in [0.2, 0.25) is 5.95 Å². The SMILES string of the molecule is CNc1nc(NCCCC(C)O)c2ccccc2n1. The topological polar surface area (TPSA) is 70.1 Å². The van der Waals surface area contributed by atoms with Gasteiger partial charge in [0.05, 0.1) is 11.6 Å². The Morgan fingerprint density at radius 2 is 2.05 bits per heavy atom. The molecular weight excluding hydrogens is 240 g/mol. The van der Waals surface area contributed by atoms with Crippen LogP contribution in [0.25, 0.3) is 10.9 Å². The standard InChI is InChI=1S/C14H20N4O/c1-10(19)6-5-9-16-13-11-7-3-4-8-12(11)17-14(15-2)18-13/h3-4,7-8,10,19H,5-6,9H2,1-2H3,(H2,15,16,17,18). The van der Waals surface area contributed by atoms with Crippen LogP contribution in [0.1, 0.15) is 19.8 Å². The van der Waals surface area contributed by atoms with Crippen LogP contribution in [0.2, 0.25) is 0 Å². The van der Waals surface area contributed by atoms with E-state index in [1.165, 1.54) is 0 Å². The van der Waals surface area contributed by atoms with Gasteiger partial charge >= 0.3 is 0 Å². The number of benzene rings is 1. The number of aromatic nitrogens is 2.